The summed E-state index contributed by atoms with van der Waals surface area (Å²) in [5, 5.41) is 12.5. The normalized spacial score (nSPS) is 11.2. The highest BCUT2D eigenvalue weighted by Gasteiger charge is 2.15. The number of benzene rings is 2. The van der Waals surface area contributed by atoms with Crippen molar-refractivity contribution in [1.29, 1.82) is 0 Å². The van der Waals surface area contributed by atoms with Gasteiger partial charge >= 0.3 is 0 Å². The van der Waals surface area contributed by atoms with Gasteiger partial charge in [0, 0.05) is 17.8 Å². The number of carbonyl (C=O) groups is 1. The molecule has 0 fully saturated rings. The number of Topliss-reactive ketones (excluding diaryl/α,β-unsaturated/α-hetero) is 1. The Kier molecular flexibility index (Phi) is 4.19. The smallest absolute Gasteiger partial charge is 0.262 e. The lowest BCUT2D eigenvalue weighted by atomic mass is 10.1. The van der Waals surface area contributed by atoms with Crippen LogP contribution in [0, 0.1) is 0 Å². The lowest BCUT2D eigenvalue weighted by Crippen LogP contribution is -2.22. The molecule has 136 valence electrons. The Morgan fingerprint density at radius 1 is 1.07 bits per heavy atom. The van der Waals surface area contributed by atoms with E-state index in [1.807, 2.05) is 47.7 Å². The average molecular weight is 361 g/mol. The van der Waals surface area contributed by atoms with Crippen LogP contribution >= 0.6 is 0 Å². The Balaban J connectivity index is 1.75. The van der Waals surface area contributed by atoms with E-state index in [2.05, 4.69) is 15.5 Å². The number of hydrogen-bond acceptors (Lipinski definition) is 5. The number of rotatable bonds is 5. The van der Waals surface area contributed by atoms with Gasteiger partial charge in [-0.15, -0.1) is 10.2 Å². The van der Waals surface area contributed by atoms with E-state index < -0.39 is 0 Å². The van der Waals surface area contributed by atoms with Gasteiger partial charge in [-0.1, -0.05) is 12.1 Å². The van der Waals surface area contributed by atoms with Gasteiger partial charge in [0.05, 0.1) is 17.4 Å². The molecule has 7 heteroatoms. The van der Waals surface area contributed by atoms with Crippen LogP contribution in [0.5, 0.6) is 0 Å². The van der Waals surface area contributed by atoms with Crippen LogP contribution < -0.4 is 10.9 Å². The fourth-order valence-corrected chi connectivity index (χ4v) is 3.22. The first-order chi connectivity index (χ1) is 13.1. The van der Waals surface area contributed by atoms with E-state index in [0.717, 1.165) is 11.2 Å². The van der Waals surface area contributed by atoms with Gasteiger partial charge in [0.25, 0.3) is 5.56 Å². The van der Waals surface area contributed by atoms with Crippen molar-refractivity contribution in [2.45, 2.75) is 26.9 Å². The second-order valence-electron chi connectivity index (χ2n) is 6.31. The van der Waals surface area contributed by atoms with Crippen molar-refractivity contribution in [2.75, 3.05) is 5.32 Å². The molecule has 0 spiro atoms. The third-order valence-electron chi connectivity index (χ3n) is 4.63. The van der Waals surface area contributed by atoms with Crippen LogP contribution in [0.4, 0.5) is 5.69 Å². The number of anilines is 1. The van der Waals surface area contributed by atoms with Gasteiger partial charge in [-0.3, -0.25) is 18.6 Å². The minimum absolute atomic E-state index is 0.0361. The molecular formula is C20H19N5O2. The van der Waals surface area contributed by atoms with E-state index in [0.29, 0.717) is 35.6 Å². The summed E-state index contributed by atoms with van der Waals surface area (Å²) >= 11 is 0. The number of fused-ring (bicyclic) bond motifs is 3. The third kappa shape index (κ3) is 2.87. The van der Waals surface area contributed by atoms with Crippen LogP contribution in [-0.4, -0.2) is 24.9 Å². The van der Waals surface area contributed by atoms with Gasteiger partial charge in [-0.05, 0) is 50.2 Å². The van der Waals surface area contributed by atoms with Crippen molar-refractivity contribution in [3.8, 4) is 0 Å². The van der Waals surface area contributed by atoms with Crippen LogP contribution in [-0.2, 0) is 13.1 Å². The number of para-hydroxylation sites is 1. The van der Waals surface area contributed by atoms with E-state index in [1.54, 1.807) is 23.6 Å². The molecular weight excluding hydrogens is 342 g/mol. The molecule has 0 atom stereocenters. The van der Waals surface area contributed by atoms with Crippen molar-refractivity contribution < 1.29 is 4.79 Å². The van der Waals surface area contributed by atoms with Crippen molar-refractivity contribution in [3.63, 3.8) is 0 Å². The molecule has 4 aromatic rings. The molecule has 0 bridgehead atoms. The number of hydrogen-bond donors (Lipinski definition) is 1. The summed E-state index contributed by atoms with van der Waals surface area (Å²) in [5.41, 5.74) is 2.28. The highest BCUT2D eigenvalue weighted by Crippen LogP contribution is 2.16. The Morgan fingerprint density at radius 2 is 1.81 bits per heavy atom. The van der Waals surface area contributed by atoms with Crippen LogP contribution in [0.2, 0.25) is 0 Å². The number of ketones is 1. The minimum Gasteiger partial charge on any atom is -0.378 e. The molecule has 2 heterocycles. The molecule has 1 N–H and O–H groups in total. The summed E-state index contributed by atoms with van der Waals surface area (Å²) in [5.74, 6) is 1.28. The Morgan fingerprint density at radius 3 is 2.52 bits per heavy atom. The highest BCUT2D eigenvalue weighted by molar-refractivity contribution is 5.94. The average Bonchev–Trinajstić information content (AvgIpc) is 3.11. The molecule has 0 aliphatic heterocycles. The number of nitrogens with one attached hydrogen (secondary N) is 1. The summed E-state index contributed by atoms with van der Waals surface area (Å²) in [6.45, 7) is 4.42. The fourth-order valence-electron chi connectivity index (χ4n) is 3.22. The molecule has 2 aromatic carbocycles. The van der Waals surface area contributed by atoms with Crippen LogP contribution in [0.15, 0.2) is 53.3 Å². The second kappa shape index (κ2) is 6.68. The summed E-state index contributed by atoms with van der Waals surface area (Å²) in [4.78, 5) is 24.1. The number of nitrogens with zero attached hydrogens (tertiary/aromatic N) is 4. The summed E-state index contributed by atoms with van der Waals surface area (Å²) in [7, 11) is 0. The predicted octanol–water partition coefficient (Wildman–Crippen LogP) is 2.88. The molecule has 2 aromatic heterocycles. The van der Waals surface area contributed by atoms with E-state index >= 15 is 0 Å². The highest BCUT2D eigenvalue weighted by atomic mass is 16.1. The Labute approximate surface area is 155 Å². The lowest BCUT2D eigenvalue weighted by Gasteiger charge is -2.10. The predicted molar refractivity (Wildman–Crippen MR) is 104 cm³/mol. The third-order valence-corrected chi connectivity index (χ3v) is 4.63. The van der Waals surface area contributed by atoms with E-state index in [9.17, 15) is 9.59 Å². The molecule has 0 amide bonds. The number of carbonyl (C=O) groups excluding carboxylic acids is 1. The van der Waals surface area contributed by atoms with Crippen LogP contribution in [0.3, 0.4) is 0 Å². The minimum atomic E-state index is -0.0627. The monoisotopic (exact) mass is 361 g/mol. The first-order valence-corrected chi connectivity index (χ1v) is 8.80. The van der Waals surface area contributed by atoms with E-state index in [4.69, 9.17) is 0 Å². The van der Waals surface area contributed by atoms with E-state index in [-0.39, 0.29) is 11.3 Å². The number of aryl methyl sites for hydroxylation is 1. The summed E-state index contributed by atoms with van der Waals surface area (Å²) < 4.78 is 3.54. The largest absolute Gasteiger partial charge is 0.378 e. The van der Waals surface area contributed by atoms with Crippen LogP contribution in [0.1, 0.15) is 30.0 Å². The van der Waals surface area contributed by atoms with Crippen molar-refractivity contribution in [1.82, 2.24) is 19.2 Å². The zero-order valence-electron chi connectivity index (χ0n) is 15.1. The van der Waals surface area contributed by atoms with Crippen molar-refractivity contribution in [2.24, 2.45) is 0 Å². The van der Waals surface area contributed by atoms with Gasteiger partial charge in [-0.25, -0.2) is 0 Å². The quantitative estimate of drug-likeness (QED) is 0.553. The molecule has 7 nitrogen and oxygen atoms in total. The molecule has 0 radical (unpaired) electrons. The standard InChI is InChI=1S/C20H19N5O2/c1-3-24-19(27)16-6-4-5-7-17(16)25-18(22-23-20(24)25)12-21-15-10-8-14(9-11-15)13(2)26/h4-11,21H,3,12H2,1-2H3. The second-order valence-corrected chi connectivity index (χ2v) is 6.31. The topological polar surface area (TPSA) is 81.3 Å². The van der Waals surface area contributed by atoms with Gasteiger partial charge in [0.2, 0.25) is 5.78 Å². The van der Waals surface area contributed by atoms with Crippen LogP contribution in [0.25, 0.3) is 16.7 Å². The maximum Gasteiger partial charge on any atom is 0.262 e. The molecule has 0 aliphatic rings. The van der Waals surface area contributed by atoms with Gasteiger partial charge in [0.15, 0.2) is 11.6 Å². The molecule has 0 saturated carbocycles. The zero-order valence-corrected chi connectivity index (χ0v) is 15.1. The van der Waals surface area contributed by atoms with Gasteiger partial charge in [0.1, 0.15) is 0 Å². The first-order valence-electron chi connectivity index (χ1n) is 8.80. The van der Waals surface area contributed by atoms with Gasteiger partial charge < -0.3 is 5.32 Å². The molecule has 27 heavy (non-hydrogen) atoms. The first kappa shape index (κ1) is 17.0. The SMILES string of the molecule is CCn1c(=O)c2ccccc2n2c(CNc3ccc(C(C)=O)cc3)nnc12. The van der Waals surface area contributed by atoms with Crippen molar-refractivity contribution >= 4 is 28.2 Å². The Hall–Kier alpha value is -3.48. The summed E-state index contributed by atoms with van der Waals surface area (Å²) in [6, 6.07) is 14.8. The lowest BCUT2D eigenvalue weighted by molar-refractivity contribution is 0.101. The molecule has 4 rings (SSSR count). The molecule has 0 aliphatic carbocycles. The maximum absolute atomic E-state index is 12.7. The maximum atomic E-state index is 12.7. The number of aromatic nitrogens is 4. The Bertz CT molecular complexity index is 1200. The van der Waals surface area contributed by atoms with Crippen molar-refractivity contribution in [3.05, 3.63) is 70.3 Å². The fraction of sp³-hybridized carbons (Fsp3) is 0.200. The van der Waals surface area contributed by atoms with Gasteiger partial charge in [-0.2, -0.15) is 0 Å². The zero-order chi connectivity index (χ0) is 19.0. The summed E-state index contributed by atoms with van der Waals surface area (Å²) in [6.07, 6.45) is 0. The molecule has 0 unspecified atom stereocenters. The molecule has 0 saturated heterocycles. The van der Waals surface area contributed by atoms with E-state index in [1.165, 1.54) is 0 Å².